The second-order valence-corrected chi connectivity index (χ2v) is 4.97. The molecule has 0 aromatic rings. The Morgan fingerprint density at radius 1 is 1.33 bits per heavy atom. The predicted molar refractivity (Wildman–Crippen MR) is 74.7 cm³/mol. The highest BCUT2D eigenvalue weighted by Gasteiger charge is 2.27. The second kappa shape index (κ2) is 9.30. The number of hydrogen-bond donors (Lipinski definition) is 3. The zero-order chi connectivity index (χ0) is 14.0. The molecule has 5 heteroatoms. The number of likely N-dealkylation sites (N-methyl/N-ethyl adjacent to an activating group) is 1. The Kier molecular flexibility index (Phi) is 8.97. The predicted octanol–water partition coefficient (Wildman–Crippen LogP) is 0.505. The van der Waals surface area contributed by atoms with Crippen LogP contribution in [0.15, 0.2) is 0 Å². The van der Waals surface area contributed by atoms with Crippen molar-refractivity contribution in [3.8, 4) is 0 Å². The van der Waals surface area contributed by atoms with Crippen LogP contribution in [0.5, 0.6) is 0 Å². The molecule has 0 aromatic carbocycles. The van der Waals surface area contributed by atoms with Gasteiger partial charge in [-0.3, -0.25) is 4.79 Å². The quantitative estimate of drug-likeness (QED) is 0.500. The molecule has 5 nitrogen and oxygen atoms in total. The summed E-state index contributed by atoms with van der Waals surface area (Å²) in [6.45, 7) is 10.7. The highest BCUT2D eigenvalue weighted by Crippen LogP contribution is 2.10. The third-order valence-electron chi connectivity index (χ3n) is 2.77. The fourth-order valence-electron chi connectivity index (χ4n) is 1.52. The first-order chi connectivity index (χ1) is 8.44. The maximum absolute atomic E-state index is 11.9. The molecule has 0 saturated carbocycles. The molecule has 0 aromatic heterocycles. The average molecular weight is 259 g/mol. The van der Waals surface area contributed by atoms with E-state index in [0.717, 1.165) is 19.5 Å². The molecule has 0 saturated heterocycles. The molecule has 108 valence electrons. The monoisotopic (exact) mass is 259 g/mol. The van der Waals surface area contributed by atoms with Crippen LogP contribution in [0.3, 0.4) is 0 Å². The van der Waals surface area contributed by atoms with Crippen LogP contribution in [-0.2, 0) is 9.53 Å². The Hall–Kier alpha value is -0.650. The van der Waals surface area contributed by atoms with Crippen LogP contribution in [-0.4, -0.2) is 50.8 Å². The van der Waals surface area contributed by atoms with Gasteiger partial charge in [0.2, 0.25) is 0 Å². The summed E-state index contributed by atoms with van der Waals surface area (Å²) in [5.74, 6) is -0.0612. The van der Waals surface area contributed by atoms with E-state index < -0.39 is 5.60 Å². The molecule has 0 aliphatic heterocycles. The van der Waals surface area contributed by atoms with Crippen molar-refractivity contribution in [2.45, 2.75) is 45.8 Å². The van der Waals surface area contributed by atoms with E-state index in [1.807, 2.05) is 7.05 Å². The standard InChI is InChI=1S/C13H29N3O2/c1-6-15-11(2)7-10-18-13(3,4)12(17)16-9-8-14-5/h11,14-15H,6-10H2,1-5H3,(H,16,17). The lowest BCUT2D eigenvalue weighted by atomic mass is 10.1. The fourth-order valence-corrected chi connectivity index (χ4v) is 1.52. The van der Waals surface area contributed by atoms with Crippen molar-refractivity contribution >= 4 is 5.91 Å². The molecule has 0 rings (SSSR count). The topological polar surface area (TPSA) is 62.4 Å². The molecule has 0 radical (unpaired) electrons. The minimum Gasteiger partial charge on any atom is -0.366 e. The molecule has 1 amide bonds. The molecule has 0 heterocycles. The number of amides is 1. The molecule has 0 aliphatic carbocycles. The largest absolute Gasteiger partial charge is 0.366 e. The van der Waals surface area contributed by atoms with E-state index in [1.54, 1.807) is 13.8 Å². The summed E-state index contributed by atoms with van der Waals surface area (Å²) in [7, 11) is 1.86. The van der Waals surface area contributed by atoms with Gasteiger partial charge in [-0.15, -0.1) is 0 Å². The lowest BCUT2D eigenvalue weighted by molar-refractivity contribution is -0.143. The minimum absolute atomic E-state index is 0.0612. The van der Waals surface area contributed by atoms with E-state index >= 15 is 0 Å². The van der Waals surface area contributed by atoms with Crippen molar-refractivity contribution in [3.05, 3.63) is 0 Å². The van der Waals surface area contributed by atoms with Crippen molar-refractivity contribution < 1.29 is 9.53 Å². The highest BCUT2D eigenvalue weighted by atomic mass is 16.5. The van der Waals surface area contributed by atoms with E-state index in [0.29, 0.717) is 19.2 Å². The van der Waals surface area contributed by atoms with Crippen LogP contribution in [0.1, 0.15) is 34.1 Å². The summed E-state index contributed by atoms with van der Waals surface area (Å²) >= 11 is 0. The summed E-state index contributed by atoms with van der Waals surface area (Å²) in [5, 5.41) is 9.14. The SMILES string of the molecule is CCNC(C)CCOC(C)(C)C(=O)NCCNC. The Labute approximate surface area is 111 Å². The zero-order valence-corrected chi connectivity index (χ0v) is 12.4. The van der Waals surface area contributed by atoms with Crippen molar-refractivity contribution in [1.82, 2.24) is 16.0 Å². The summed E-state index contributed by atoms with van der Waals surface area (Å²) in [6, 6.07) is 0.415. The van der Waals surface area contributed by atoms with E-state index in [1.165, 1.54) is 0 Å². The Morgan fingerprint density at radius 3 is 2.56 bits per heavy atom. The van der Waals surface area contributed by atoms with Gasteiger partial charge in [-0.05, 0) is 40.8 Å². The summed E-state index contributed by atoms with van der Waals surface area (Å²) in [5.41, 5.74) is -0.764. The fraction of sp³-hybridized carbons (Fsp3) is 0.923. The molecule has 18 heavy (non-hydrogen) atoms. The van der Waals surface area contributed by atoms with Gasteiger partial charge in [-0.25, -0.2) is 0 Å². The Bertz CT molecular complexity index is 232. The number of carbonyl (C=O) groups is 1. The number of nitrogens with one attached hydrogen (secondary N) is 3. The van der Waals surface area contributed by atoms with Crippen LogP contribution >= 0.6 is 0 Å². The first-order valence-electron chi connectivity index (χ1n) is 6.74. The number of rotatable bonds is 10. The third kappa shape index (κ3) is 7.63. The van der Waals surface area contributed by atoms with Crippen molar-refractivity contribution in [2.24, 2.45) is 0 Å². The van der Waals surface area contributed by atoms with E-state index in [4.69, 9.17) is 4.74 Å². The van der Waals surface area contributed by atoms with Crippen molar-refractivity contribution in [3.63, 3.8) is 0 Å². The molecule has 3 N–H and O–H groups in total. The van der Waals surface area contributed by atoms with E-state index in [-0.39, 0.29) is 5.91 Å². The maximum Gasteiger partial charge on any atom is 0.251 e. The summed E-state index contributed by atoms with van der Waals surface area (Å²) in [4.78, 5) is 11.9. The van der Waals surface area contributed by atoms with E-state index in [2.05, 4.69) is 29.8 Å². The first kappa shape index (κ1) is 17.4. The second-order valence-electron chi connectivity index (χ2n) is 4.97. The third-order valence-corrected chi connectivity index (χ3v) is 2.77. The average Bonchev–Trinajstić information content (AvgIpc) is 2.29. The summed E-state index contributed by atoms with van der Waals surface area (Å²) in [6.07, 6.45) is 0.904. The van der Waals surface area contributed by atoms with Crippen molar-refractivity contribution in [2.75, 3.05) is 33.3 Å². The molecule has 1 atom stereocenters. The lowest BCUT2D eigenvalue weighted by Crippen LogP contribution is -2.46. The van der Waals surface area contributed by atoms with Crippen molar-refractivity contribution in [1.29, 1.82) is 0 Å². The van der Waals surface area contributed by atoms with Crippen LogP contribution in [0.2, 0.25) is 0 Å². The van der Waals surface area contributed by atoms with Crippen LogP contribution < -0.4 is 16.0 Å². The summed E-state index contributed by atoms with van der Waals surface area (Å²) < 4.78 is 5.67. The first-order valence-corrected chi connectivity index (χ1v) is 6.74. The van der Waals surface area contributed by atoms with E-state index in [9.17, 15) is 4.79 Å². The molecular weight excluding hydrogens is 230 g/mol. The van der Waals surface area contributed by atoms with Crippen LogP contribution in [0, 0.1) is 0 Å². The van der Waals surface area contributed by atoms with Gasteiger partial charge >= 0.3 is 0 Å². The smallest absolute Gasteiger partial charge is 0.251 e. The molecule has 0 bridgehead atoms. The molecular formula is C13H29N3O2. The van der Waals surface area contributed by atoms with Crippen LogP contribution in [0.25, 0.3) is 0 Å². The van der Waals surface area contributed by atoms with Gasteiger partial charge in [-0.1, -0.05) is 6.92 Å². The zero-order valence-electron chi connectivity index (χ0n) is 12.4. The van der Waals surface area contributed by atoms with Gasteiger partial charge < -0.3 is 20.7 Å². The maximum atomic E-state index is 11.9. The van der Waals surface area contributed by atoms with Gasteiger partial charge in [-0.2, -0.15) is 0 Å². The van der Waals surface area contributed by atoms with Gasteiger partial charge in [0.05, 0.1) is 0 Å². The number of carbonyl (C=O) groups excluding carboxylic acids is 1. The molecule has 0 aliphatic rings. The van der Waals surface area contributed by atoms with Gasteiger partial charge in [0.15, 0.2) is 0 Å². The van der Waals surface area contributed by atoms with Gasteiger partial charge in [0.1, 0.15) is 5.60 Å². The molecule has 0 fully saturated rings. The van der Waals surface area contributed by atoms with Gasteiger partial charge in [0, 0.05) is 25.7 Å². The normalized spacial score (nSPS) is 13.4. The molecule has 1 unspecified atom stereocenters. The Morgan fingerprint density at radius 2 is 2.00 bits per heavy atom. The van der Waals surface area contributed by atoms with Crippen LogP contribution in [0.4, 0.5) is 0 Å². The van der Waals surface area contributed by atoms with Gasteiger partial charge in [0.25, 0.3) is 5.91 Å². The highest BCUT2D eigenvalue weighted by molar-refractivity contribution is 5.84. The number of hydrogen-bond acceptors (Lipinski definition) is 4. The Balaban J connectivity index is 3.87. The lowest BCUT2D eigenvalue weighted by Gasteiger charge is -2.25. The number of ether oxygens (including phenoxy) is 1. The minimum atomic E-state index is -0.764. The molecule has 0 spiro atoms.